The van der Waals surface area contributed by atoms with Gasteiger partial charge in [0.1, 0.15) is 12.4 Å². The van der Waals surface area contributed by atoms with Gasteiger partial charge in [-0.25, -0.2) is 8.42 Å². The molecule has 260 valence electrons. The van der Waals surface area contributed by atoms with Crippen LogP contribution >= 0.6 is 0 Å². The van der Waals surface area contributed by atoms with Crippen molar-refractivity contribution in [2.24, 2.45) is 5.92 Å². The number of ether oxygens (including phenoxy) is 5. The van der Waals surface area contributed by atoms with Crippen LogP contribution in [0.15, 0.2) is 71.6 Å². The standard InChI is InChI=1S/C37H48N2O8S/c1-26-5-14-31(15-6-26)48(41,42)39-22-33(40)36(29-10-12-30(13-11-29)37(44-3)47-24-27-7-8-27)35(23-39)46-25-28-9-16-34-32(21-28)38(18-20-45-34)17-4-19-43-2/h5-6,9-16,21,27,33,35-37,40H,4,7-8,17-20,22-25H2,1-3H3/t33-,35+,36+,37?/m1/s1. The molecule has 1 saturated carbocycles. The zero-order valence-electron chi connectivity index (χ0n) is 28.1. The summed E-state index contributed by atoms with van der Waals surface area (Å²) in [6, 6.07) is 20.7. The highest BCUT2D eigenvalue weighted by molar-refractivity contribution is 7.89. The fourth-order valence-corrected chi connectivity index (χ4v) is 8.00. The molecule has 3 aliphatic rings. The minimum atomic E-state index is -3.87. The third-order valence-electron chi connectivity index (χ3n) is 9.46. The summed E-state index contributed by atoms with van der Waals surface area (Å²) < 4.78 is 58.3. The molecule has 4 atom stereocenters. The number of β-amino-alcohol motifs (C(OH)–C–C–N with tert-alkyl or cyclic N) is 1. The van der Waals surface area contributed by atoms with Crippen LogP contribution in [-0.2, 0) is 35.6 Å². The van der Waals surface area contributed by atoms with Gasteiger partial charge in [0.15, 0.2) is 6.29 Å². The van der Waals surface area contributed by atoms with Crippen LogP contribution in [-0.4, -0.2) is 90.3 Å². The molecule has 2 fully saturated rings. The van der Waals surface area contributed by atoms with E-state index in [2.05, 4.69) is 11.0 Å². The highest BCUT2D eigenvalue weighted by atomic mass is 32.2. The average Bonchev–Trinajstić information content (AvgIpc) is 3.93. The summed E-state index contributed by atoms with van der Waals surface area (Å²) in [7, 11) is -0.524. The van der Waals surface area contributed by atoms with Crippen LogP contribution < -0.4 is 9.64 Å². The van der Waals surface area contributed by atoms with Crippen molar-refractivity contribution in [1.29, 1.82) is 0 Å². The molecule has 3 aromatic carbocycles. The molecule has 3 aromatic rings. The fourth-order valence-electron chi connectivity index (χ4n) is 6.53. The Kier molecular flexibility index (Phi) is 11.4. The number of aliphatic hydroxyl groups is 1. The van der Waals surface area contributed by atoms with Gasteiger partial charge >= 0.3 is 0 Å². The number of anilines is 1. The summed E-state index contributed by atoms with van der Waals surface area (Å²) in [6.07, 6.45) is 1.21. The number of methoxy groups -OCH3 is 2. The summed E-state index contributed by atoms with van der Waals surface area (Å²) in [5, 5.41) is 11.6. The number of benzene rings is 3. The van der Waals surface area contributed by atoms with E-state index in [1.165, 1.54) is 17.1 Å². The molecule has 6 rings (SSSR count). The van der Waals surface area contributed by atoms with Crippen molar-refractivity contribution in [1.82, 2.24) is 4.31 Å². The van der Waals surface area contributed by atoms with Crippen LogP contribution in [0.1, 0.15) is 53.7 Å². The number of aryl methyl sites for hydroxylation is 1. The van der Waals surface area contributed by atoms with E-state index in [1.807, 2.05) is 43.3 Å². The second-order valence-electron chi connectivity index (χ2n) is 13.1. The molecule has 0 aromatic heterocycles. The van der Waals surface area contributed by atoms with Crippen molar-refractivity contribution < 1.29 is 37.2 Å². The molecular weight excluding hydrogens is 632 g/mol. The molecule has 0 amide bonds. The Hall–Kier alpha value is -3.03. The number of hydrogen-bond donors (Lipinski definition) is 1. The van der Waals surface area contributed by atoms with Gasteiger partial charge in [-0.1, -0.05) is 48.0 Å². The van der Waals surface area contributed by atoms with Gasteiger partial charge in [-0.15, -0.1) is 0 Å². The molecule has 2 aliphatic heterocycles. The average molecular weight is 681 g/mol. The Labute approximate surface area is 284 Å². The molecule has 10 nitrogen and oxygen atoms in total. The second kappa shape index (κ2) is 15.7. The SMILES string of the molecule is COCCCN1CCOc2ccc(CO[C@H]3CN(S(=O)(=O)c4ccc(C)cc4)C[C@@H](O)[C@@H]3c3ccc(C(OC)OCC4CC4)cc3)cc21. The highest BCUT2D eigenvalue weighted by Crippen LogP contribution is 2.37. The molecule has 0 radical (unpaired) electrons. The number of rotatable bonds is 15. The van der Waals surface area contributed by atoms with Gasteiger partial charge in [0, 0.05) is 51.9 Å². The van der Waals surface area contributed by atoms with E-state index < -0.39 is 34.4 Å². The summed E-state index contributed by atoms with van der Waals surface area (Å²) in [6.45, 7) is 5.83. The van der Waals surface area contributed by atoms with Gasteiger partial charge in [0.25, 0.3) is 0 Å². The molecule has 1 N–H and O–H groups in total. The zero-order valence-corrected chi connectivity index (χ0v) is 28.9. The Balaban J connectivity index is 1.24. The Bertz CT molecular complexity index is 1600. The van der Waals surface area contributed by atoms with Crippen LogP contribution in [0.25, 0.3) is 0 Å². The van der Waals surface area contributed by atoms with E-state index >= 15 is 0 Å². The van der Waals surface area contributed by atoms with Crippen molar-refractivity contribution >= 4 is 15.7 Å². The first-order valence-electron chi connectivity index (χ1n) is 16.9. The number of piperidine rings is 1. The lowest BCUT2D eigenvalue weighted by molar-refractivity contribution is -0.130. The predicted molar refractivity (Wildman–Crippen MR) is 183 cm³/mol. The Morgan fingerprint density at radius 2 is 1.77 bits per heavy atom. The highest BCUT2D eigenvalue weighted by Gasteiger charge is 2.42. The Morgan fingerprint density at radius 1 is 1.00 bits per heavy atom. The fraction of sp³-hybridized carbons (Fsp3) is 0.514. The first-order chi connectivity index (χ1) is 23.3. The lowest BCUT2D eigenvalue weighted by Crippen LogP contribution is -2.53. The van der Waals surface area contributed by atoms with E-state index in [9.17, 15) is 13.5 Å². The molecule has 48 heavy (non-hydrogen) atoms. The van der Waals surface area contributed by atoms with E-state index in [4.69, 9.17) is 23.7 Å². The monoisotopic (exact) mass is 680 g/mol. The minimum Gasteiger partial charge on any atom is -0.490 e. The van der Waals surface area contributed by atoms with Crippen LogP contribution in [0.2, 0.25) is 0 Å². The molecule has 11 heteroatoms. The third-order valence-corrected chi connectivity index (χ3v) is 11.3. The van der Waals surface area contributed by atoms with E-state index in [0.29, 0.717) is 25.7 Å². The van der Waals surface area contributed by atoms with Crippen LogP contribution in [0.5, 0.6) is 5.75 Å². The minimum absolute atomic E-state index is 0.0414. The molecule has 2 heterocycles. The van der Waals surface area contributed by atoms with Crippen molar-refractivity contribution in [3.63, 3.8) is 0 Å². The van der Waals surface area contributed by atoms with Crippen LogP contribution in [0.4, 0.5) is 5.69 Å². The van der Waals surface area contributed by atoms with Crippen molar-refractivity contribution in [3.8, 4) is 5.75 Å². The lowest BCUT2D eigenvalue weighted by atomic mass is 9.85. The normalized spacial score (nSPS) is 22.2. The van der Waals surface area contributed by atoms with Gasteiger partial charge in [0.2, 0.25) is 10.0 Å². The molecule has 1 saturated heterocycles. The summed E-state index contributed by atoms with van der Waals surface area (Å²) in [5.74, 6) is 0.987. The van der Waals surface area contributed by atoms with Gasteiger partial charge in [0.05, 0.1) is 42.5 Å². The molecule has 0 bridgehead atoms. The number of aliphatic hydroxyl groups excluding tert-OH is 1. The smallest absolute Gasteiger partial charge is 0.243 e. The first kappa shape index (κ1) is 34.8. The largest absolute Gasteiger partial charge is 0.490 e. The number of nitrogens with zero attached hydrogens (tertiary/aromatic N) is 2. The van der Waals surface area contributed by atoms with E-state index in [0.717, 1.165) is 53.2 Å². The quantitative estimate of drug-likeness (QED) is 0.175. The summed E-state index contributed by atoms with van der Waals surface area (Å²) in [5.41, 5.74) is 4.67. The van der Waals surface area contributed by atoms with Gasteiger partial charge < -0.3 is 33.7 Å². The first-order valence-corrected chi connectivity index (χ1v) is 18.3. The molecule has 1 aliphatic carbocycles. The van der Waals surface area contributed by atoms with Gasteiger partial charge in [-0.3, -0.25) is 0 Å². The number of hydrogen-bond acceptors (Lipinski definition) is 9. The van der Waals surface area contributed by atoms with Gasteiger partial charge in [-0.05, 0) is 67.5 Å². The number of sulfonamides is 1. The van der Waals surface area contributed by atoms with Crippen molar-refractivity contribution in [2.75, 3.05) is 65.1 Å². The molecular formula is C37H48N2O8S. The van der Waals surface area contributed by atoms with Gasteiger partial charge in [-0.2, -0.15) is 4.31 Å². The maximum atomic E-state index is 13.8. The lowest BCUT2D eigenvalue weighted by Gasteiger charge is -2.41. The number of fused-ring (bicyclic) bond motifs is 1. The summed E-state index contributed by atoms with van der Waals surface area (Å²) in [4.78, 5) is 2.50. The zero-order chi connectivity index (χ0) is 33.7. The third kappa shape index (κ3) is 8.22. The summed E-state index contributed by atoms with van der Waals surface area (Å²) >= 11 is 0. The van der Waals surface area contributed by atoms with Crippen molar-refractivity contribution in [3.05, 3.63) is 89.0 Å². The molecule has 1 unspecified atom stereocenters. The van der Waals surface area contributed by atoms with E-state index in [-0.39, 0.29) is 24.6 Å². The van der Waals surface area contributed by atoms with Crippen LogP contribution in [0.3, 0.4) is 0 Å². The predicted octanol–water partition coefficient (Wildman–Crippen LogP) is 5.04. The maximum absolute atomic E-state index is 13.8. The second-order valence-corrected chi connectivity index (χ2v) is 15.0. The van der Waals surface area contributed by atoms with E-state index in [1.54, 1.807) is 38.5 Å². The maximum Gasteiger partial charge on any atom is 0.243 e. The van der Waals surface area contributed by atoms with Crippen LogP contribution in [0, 0.1) is 12.8 Å². The molecule has 0 spiro atoms. The van der Waals surface area contributed by atoms with Crippen molar-refractivity contribution in [2.45, 2.75) is 62.1 Å². The topological polar surface area (TPSA) is 107 Å². The Morgan fingerprint density at radius 3 is 2.48 bits per heavy atom.